The quantitative estimate of drug-likeness (QED) is 0.143. The largest absolute Gasteiger partial charge is 0.493 e. The van der Waals surface area contributed by atoms with Crippen molar-refractivity contribution in [1.29, 1.82) is 0 Å². The van der Waals surface area contributed by atoms with Crippen LogP contribution in [-0.4, -0.2) is 66.4 Å². The zero-order chi connectivity index (χ0) is 31.9. The maximum absolute atomic E-state index is 11.2. The van der Waals surface area contributed by atoms with Crippen LogP contribution in [0.3, 0.4) is 0 Å². The number of allylic oxidation sites excluding steroid dienone is 1. The van der Waals surface area contributed by atoms with Crippen LogP contribution in [0.5, 0.6) is 5.75 Å². The number of hydrogen-bond acceptors (Lipinski definition) is 5. The van der Waals surface area contributed by atoms with Crippen LogP contribution < -0.4 is 9.64 Å². The van der Waals surface area contributed by atoms with Gasteiger partial charge in [-0.1, -0.05) is 61.0 Å². The molecule has 0 bridgehead atoms. The van der Waals surface area contributed by atoms with Crippen LogP contribution in [0.4, 0.5) is 5.69 Å². The summed E-state index contributed by atoms with van der Waals surface area (Å²) in [6, 6.07) is 23.9. The molecule has 1 aliphatic heterocycles. The predicted molar refractivity (Wildman–Crippen MR) is 181 cm³/mol. The number of carbonyl (C=O) groups is 2. The van der Waals surface area contributed by atoms with Crippen molar-refractivity contribution < 1.29 is 24.5 Å². The van der Waals surface area contributed by atoms with E-state index >= 15 is 0 Å². The normalized spacial score (nSPS) is 14.5. The van der Waals surface area contributed by atoms with Crippen LogP contribution in [0.1, 0.15) is 72.0 Å². The molecule has 0 radical (unpaired) electrons. The zero-order valence-electron chi connectivity index (χ0n) is 26.6. The third-order valence-electron chi connectivity index (χ3n) is 8.50. The first-order chi connectivity index (χ1) is 21.9. The van der Waals surface area contributed by atoms with E-state index in [4.69, 9.17) is 9.84 Å². The van der Waals surface area contributed by atoms with Crippen molar-refractivity contribution in [3.63, 3.8) is 0 Å². The summed E-state index contributed by atoms with van der Waals surface area (Å²) < 4.78 is 6.22. The van der Waals surface area contributed by atoms with Crippen molar-refractivity contribution in [2.75, 3.05) is 44.2 Å². The van der Waals surface area contributed by atoms with Gasteiger partial charge in [-0.25, -0.2) is 4.79 Å². The molecule has 7 nitrogen and oxygen atoms in total. The van der Waals surface area contributed by atoms with E-state index in [0.29, 0.717) is 13.0 Å². The molecule has 1 heterocycles. The number of carboxylic acids is 2. The van der Waals surface area contributed by atoms with Crippen molar-refractivity contribution in [3.8, 4) is 5.75 Å². The fourth-order valence-electron chi connectivity index (χ4n) is 5.88. The molecule has 1 fully saturated rings. The molecule has 1 saturated heterocycles. The van der Waals surface area contributed by atoms with Crippen molar-refractivity contribution >= 4 is 23.7 Å². The Morgan fingerprint density at radius 3 is 2.38 bits per heavy atom. The topological polar surface area (TPSA) is 90.3 Å². The first-order valence-corrected chi connectivity index (χ1v) is 16.4. The average molecular weight is 613 g/mol. The number of nitrogens with zero attached hydrogens (tertiary/aromatic N) is 2. The van der Waals surface area contributed by atoms with Gasteiger partial charge in [-0.05, 0) is 99.4 Å². The summed E-state index contributed by atoms with van der Waals surface area (Å²) in [5.74, 6) is -0.636. The van der Waals surface area contributed by atoms with E-state index < -0.39 is 11.9 Å². The first kappa shape index (κ1) is 33.8. The molecule has 240 valence electrons. The number of carboxylic acid groups (broad SMARTS) is 2. The van der Waals surface area contributed by atoms with Gasteiger partial charge in [-0.2, -0.15) is 0 Å². The molecule has 2 N–H and O–H groups in total. The van der Waals surface area contributed by atoms with E-state index in [1.54, 1.807) is 12.1 Å². The monoisotopic (exact) mass is 612 g/mol. The summed E-state index contributed by atoms with van der Waals surface area (Å²) in [6.07, 6.45) is 10.9. The molecule has 1 atom stereocenters. The number of unbranched alkanes of at least 4 members (excludes halogenated alkanes) is 3. The minimum absolute atomic E-state index is 0.172. The standard InChI is InChI=1S/C38H48N2O5/c1-30-10-9-13-35(28-30)40-25-23-39(24-26-40)22-7-2-8-27-45-36-14-5-4-12-33(36)19-16-31(11-3-6-15-37(41)42)29-32-17-20-34(21-18-32)38(43)44/h4-5,9-10,12-14,16-21,28,31H,2-3,6-8,11,15,22-27,29H2,1H3,(H,41,42)(H,43,44). The number of para-hydroxylation sites is 1. The summed E-state index contributed by atoms with van der Waals surface area (Å²) in [5.41, 5.74) is 5.01. The molecule has 0 saturated carbocycles. The molecular formula is C38H48N2O5. The molecule has 1 aliphatic rings. The van der Waals surface area contributed by atoms with Gasteiger partial charge in [-0.15, -0.1) is 0 Å². The van der Waals surface area contributed by atoms with Crippen LogP contribution in [0.15, 0.2) is 78.9 Å². The highest BCUT2D eigenvalue weighted by Crippen LogP contribution is 2.24. The van der Waals surface area contributed by atoms with Gasteiger partial charge in [0, 0.05) is 43.9 Å². The maximum atomic E-state index is 11.2. The van der Waals surface area contributed by atoms with Gasteiger partial charge in [0.15, 0.2) is 0 Å². The number of aromatic carboxylic acids is 1. The van der Waals surface area contributed by atoms with Gasteiger partial charge in [0.05, 0.1) is 12.2 Å². The van der Waals surface area contributed by atoms with Gasteiger partial charge in [0.2, 0.25) is 0 Å². The van der Waals surface area contributed by atoms with Gasteiger partial charge in [0.1, 0.15) is 5.75 Å². The highest BCUT2D eigenvalue weighted by atomic mass is 16.5. The second kappa shape index (κ2) is 18.0. The summed E-state index contributed by atoms with van der Waals surface area (Å²) in [7, 11) is 0. The summed E-state index contributed by atoms with van der Waals surface area (Å²) >= 11 is 0. The number of rotatable bonds is 18. The number of hydrogen-bond donors (Lipinski definition) is 2. The van der Waals surface area contributed by atoms with Gasteiger partial charge in [-0.3, -0.25) is 9.69 Å². The molecule has 7 heteroatoms. The van der Waals surface area contributed by atoms with Gasteiger partial charge in [0.25, 0.3) is 0 Å². The lowest BCUT2D eigenvalue weighted by atomic mass is 9.92. The van der Waals surface area contributed by atoms with Crippen LogP contribution in [-0.2, 0) is 11.2 Å². The van der Waals surface area contributed by atoms with Crippen LogP contribution in [0.2, 0.25) is 0 Å². The summed E-state index contributed by atoms with van der Waals surface area (Å²) in [5, 5.41) is 18.2. The van der Waals surface area contributed by atoms with Crippen LogP contribution in [0, 0.1) is 12.8 Å². The molecular weight excluding hydrogens is 564 g/mol. The lowest BCUT2D eigenvalue weighted by Gasteiger charge is -2.36. The Hall–Kier alpha value is -4.10. The molecule has 0 spiro atoms. The Balaban J connectivity index is 1.22. The average Bonchev–Trinajstić information content (AvgIpc) is 3.04. The van der Waals surface area contributed by atoms with E-state index in [2.05, 4.69) is 59.2 Å². The number of ether oxygens (including phenoxy) is 1. The molecule has 0 amide bonds. The molecule has 0 aliphatic carbocycles. The Bertz CT molecular complexity index is 1380. The minimum Gasteiger partial charge on any atom is -0.493 e. The fourth-order valence-corrected chi connectivity index (χ4v) is 5.88. The first-order valence-electron chi connectivity index (χ1n) is 16.4. The maximum Gasteiger partial charge on any atom is 0.335 e. The Morgan fingerprint density at radius 1 is 0.867 bits per heavy atom. The Labute approximate surface area is 268 Å². The van der Waals surface area contributed by atoms with E-state index in [0.717, 1.165) is 81.7 Å². The molecule has 45 heavy (non-hydrogen) atoms. The molecule has 1 unspecified atom stereocenters. The molecule has 3 aromatic carbocycles. The van der Waals surface area contributed by atoms with E-state index in [1.807, 2.05) is 30.3 Å². The summed E-state index contributed by atoms with van der Waals surface area (Å²) in [6.45, 7) is 8.35. The zero-order valence-corrected chi connectivity index (χ0v) is 26.6. The second-order valence-electron chi connectivity index (χ2n) is 12.1. The lowest BCUT2D eigenvalue weighted by molar-refractivity contribution is -0.137. The van der Waals surface area contributed by atoms with Crippen LogP contribution >= 0.6 is 0 Å². The number of anilines is 1. The lowest BCUT2D eigenvalue weighted by Crippen LogP contribution is -2.46. The minimum atomic E-state index is -0.934. The molecule has 4 rings (SSSR count). The number of aryl methyl sites for hydroxylation is 1. The highest BCUT2D eigenvalue weighted by Gasteiger charge is 2.17. The van der Waals surface area contributed by atoms with Crippen LogP contribution in [0.25, 0.3) is 6.08 Å². The van der Waals surface area contributed by atoms with Gasteiger partial charge < -0.3 is 19.8 Å². The number of benzene rings is 3. The van der Waals surface area contributed by atoms with E-state index in [-0.39, 0.29) is 17.9 Å². The second-order valence-corrected chi connectivity index (χ2v) is 12.1. The van der Waals surface area contributed by atoms with Gasteiger partial charge >= 0.3 is 11.9 Å². The Kier molecular flexibility index (Phi) is 13.5. The smallest absolute Gasteiger partial charge is 0.335 e. The molecule has 3 aromatic rings. The SMILES string of the molecule is Cc1cccc(N2CCN(CCCCCOc3ccccc3C=CC(CCCCC(=O)O)Cc3ccc(C(=O)O)cc3)CC2)c1. The van der Waals surface area contributed by atoms with Crippen molar-refractivity contribution in [3.05, 3.63) is 101 Å². The third kappa shape index (κ3) is 11.7. The van der Waals surface area contributed by atoms with E-state index in [9.17, 15) is 14.7 Å². The fraction of sp³-hybridized carbons (Fsp3) is 0.421. The molecule has 0 aromatic heterocycles. The number of aliphatic carboxylic acids is 1. The van der Waals surface area contributed by atoms with Crippen molar-refractivity contribution in [2.24, 2.45) is 5.92 Å². The number of piperazine rings is 1. The summed E-state index contributed by atoms with van der Waals surface area (Å²) in [4.78, 5) is 27.3. The Morgan fingerprint density at radius 2 is 1.64 bits per heavy atom. The van der Waals surface area contributed by atoms with Crippen molar-refractivity contribution in [1.82, 2.24) is 4.90 Å². The van der Waals surface area contributed by atoms with Crippen molar-refractivity contribution in [2.45, 2.75) is 58.3 Å². The highest BCUT2D eigenvalue weighted by molar-refractivity contribution is 5.87. The third-order valence-corrected chi connectivity index (χ3v) is 8.50. The van der Waals surface area contributed by atoms with E-state index in [1.165, 1.54) is 17.7 Å². The predicted octanol–water partition coefficient (Wildman–Crippen LogP) is 7.58.